The quantitative estimate of drug-likeness (QED) is 0.0199. The van der Waals surface area contributed by atoms with Crippen LogP contribution < -0.4 is 0 Å². The van der Waals surface area contributed by atoms with Gasteiger partial charge in [0.15, 0.2) is 6.10 Å². The van der Waals surface area contributed by atoms with Crippen molar-refractivity contribution >= 4 is 17.9 Å². The maximum Gasteiger partial charge on any atom is 0.306 e. The molecule has 0 aromatic carbocycles. The van der Waals surface area contributed by atoms with E-state index in [0.29, 0.717) is 19.3 Å². The van der Waals surface area contributed by atoms with Crippen LogP contribution in [0.2, 0.25) is 0 Å². The number of carbonyl (C=O) groups excluding carboxylic acids is 3. The van der Waals surface area contributed by atoms with Gasteiger partial charge in [-0.25, -0.2) is 0 Å². The van der Waals surface area contributed by atoms with Crippen molar-refractivity contribution in [2.45, 2.75) is 226 Å². The summed E-state index contributed by atoms with van der Waals surface area (Å²) in [4.78, 5) is 37.9. The molecule has 0 fully saturated rings. The molecule has 0 heterocycles. The molecule has 0 aromatic heterocycles. The van der Waals surface area contributed by atoms with E-state index in [2.05, 4.69) is 130 Å². The highest BCUT2D eigenvalue weighted by molar-refractivity contribution is 5.71. The average molecular weight is 887 g/mol. The van der Waals surface area contributed by atoms with Crippen LogP contribution in [0.4, 0.5) is 0 Å². The highest BCUT2D eigenvalue weighted by Crippen LogP contribution is 2.12. The summed E-state index contributed by atoms with van der Waals surface area (Å²) < 4.78 is 16.7. The Morgan fingerprint density at radius 3 is 1.14 bits per heavy atom. The summed E-state index contributed by atoms with van der Waals surface area (Å²) in [6.45, 7) is 6.37. The number of hydrogen-bond donors (Lipinski definition) is 0. The smallest absolute Gasteiger partial charge is 0.306 e. The molecular formula is C58H94O6. The van der Waals surface area contributed by atoms with Crippen LogP contribution in [0.3, 0.4) is 0 Å². The molecule has 0 radical (unpaired) electrons. The van der Waals surface area contributed by atoms with Crippen LogP contribution in [0.25, 0.3) is 0 Å². The lowest BCUT2D eigenvalue weighted by Gasteiger charge is -2.18. The van der Waals surface area contributed by atoms with Gasteiger partial charge in [-0.15, -0.1) is 0 Å². The van der Waals surface area contributed by atoms with Crippen molar-refractivity contribution in [1.82, 2.24) is 0 Å². The zero-order valence-corrected chi connectivity index (χ0v) is 41.3. The van der Waals surface area contributed by atoms with Crippen LogP contribution in [0.1, 0.15) is 220 Å². The van der Waals surface area contributed by atoms with Gasteiger partial charge in [0.2, 0.25) is 0 Å². The van der Waals surface area contributed by atoms with Crippen molar-refractivity contribution in [1.29, 1.82) is 0 Å². The zero-order valence-electron chi connectivity index (χ0n) is 41.3. The first-order valence-corrected chi connectivity index (χ1v) is 25.9. The summed E-state index contributed by atoms with van der Waals surface area (Å²) in [6.07, 6.45) is 69.5. The van der Waals surface area contributed by atoms with Gasteiger partial charge in [0.25, 0.3) is 0 Å². The van der Waals surface area contributed by atoms with Crippen LogP contribution >= 0.6 is 0 Å². The number of rotatable bonds is 45. The average Bonchev–Trinajstić information content (AvgIpc) is 3.29. The Balaban J connectivity index is 4.54. The maximum atomic E-state index is 12.8. The third-order valence-electron chi connectivity index (χ3n) is 10.5. The van der Waals surface area contributed by atoms with E-state index in [1.807, 2.05) is 0 Å². The largest absolute Gasteiger partial charge is 0.462 e. The molecule has 0 spiro atoms. The fourth-order valence-electron chi connectivity index (χ4n) is 6.66. The molecule has 64 heavy (non-hydrogen) atoms. The lowest BCUT2D eigenvalue weighted by Crippen LogP contribution is -2.30. The first-order valence-electron chi connectivity index (χ1n) is 25.9. The van der Waals surface area contributed by atoms with E-state index in [0.717, 1.165) is 89.9 Å². The maximum absolute atomic E-state index is 12.8. The number of esters is 3. The minimum atomic E-state index is -0.834. The summed E-state index contributed by atoms with van der Waals surface area (Å²) in [6, 6.07) is 0. The van der Waals surface area contributed by atoms with E-state index in [-0.39, 0.29) is 44.0 Å². The molecule has 0 aromatic rings. The van der Waals surface area contributed by atoms with Crippen molar-refractivity contribution in [2.24, 2.45) is 0 Å². The molecule has 6 heteroatoms. The van der Waals surface area contributed by atoms with Gasteiger partial charge in [-0.3, -0.25) is 14.4 Å². The molecule has 0 amide bonds. The number of carbonyl (C=O) groups is 3. The van der Waals surface area contributed by atoms with Gasteiger partial charge in [-0.05, 0) is 103 Å². The molecule has 0 saturated carbocycles. The van der Waals surface area contributed by atoms with Gasteiger partial charge in [0.05, 0.1) is 0 Å². The summed E-state index contributed by atoms with van der Waals surface area (Å²) in [5, 5.41) is 0. The molecule has 0 aliphatic heterocycles. The number of ether oxygens (including phenoxy) is 3. The third kappa shape index (κ3) is 49.1. The number of unbranched alkanes of at least 4 members (excludes halogenated alkanes) is 18. The Kier molecular flexibility index (Phi) is 48.5. The molecule has 1 atom stereocenters. The van der Waals surface area contributed by atoms with E-state index >= 15 is 0 Å². The van der Waals surface area contributed by atoms with Crippen molar-refractivity contribution in [3.05, 3.63) is 109 Å². The SMILES string of the molecule is CC/C=C\C/C=C\C/C=C\CCCC(=O)OCC(COC(=O)CCCCCCC\C=C/C=C\C=C/CCCCCCC)OC(=O)CCC/C=C\C/C=C\C/C=C\CCCCCCCC. The highest BCUT2D eigenvalue weighted by Gasteiger charge is 2.19. The van der Waals surface area contributed by atoms with E-state index in [1.54, 1.807) is 0 Å². The Morgan fingerprint density at radius 2 is 0.688 bits per heavy atom. The van der Waals surface area contributed by atoms with Gasteiger partial charge in [-0.2, -0.15) is 0 Å². The van der Waals surface area contributed by atoms with Crippen LogP contribution in [-0.2, 0) is 28.6 Å². The molecular weight excluding hydrogens is 793 g/mol. The Morgan fingerprint density at radius 1 is 0.344 bits per heavy atom. The molecule has 0 bridgehead atoms. The van der Waals surface area contributed by atoms with Crippen LogP contribution in [0.15, 0.2) is 109 Å². The van der Waals surface area contributed by atoms with Gasteiger partial charge in [-0.1, -0.05) is 207 Å². The summed E-state index contributed by atoms with van der Waals surface area (Å²) >= 11 is 0. The Labute approximate surface area is 393 Å². The molecule has 0 aliphatic carbocycles. The second kappa shape index (κ2) is 51.7. The van der Waals surface area contributed by atoms with Crippen molar-refractivity contribution in [3.8, 4) is 0 Å². The van der Waals surface area contributed by atoms with Crippen LogP contribution in [-0.4, -0.2) is 37.2 Å². The lowest BCUT2D eigenvalue weighted by atomic mass is 10.1. The van der Waals surface area contributed by atoms with Crippen LogP contribution in [0, 0.1) is 0 Å². The second-order valence-corrected chi connectivity index (χ2v) is 16.7. The molecule has 6 nitrogen and oxygen atoms in total. The second-order valence-electron chi connectivity index (χ2n) is 16.7. The Bertz CT molecular complexity index is 1340. The fourth-order valence-corrected chi connectivity index (χ4v) is 6.66. The number of hydrogen-bond acceptors (Lipinski definition) is 6. The van der Waals surface area contributed by atoms with Gasteiger partial charge >= 0.3 is 17.9 Å². The molecule has 0 rings (SSSR count). The molecule has 0 saturated heterocycles. The van der Waals surface area contributed by atoms with Gasteiger partial charge in [0.1, 0.15) is 13.2 Å². The zero-order chi connectivity index (χ0) is 46.5. The third-order valence-corrected chi connectivity index (χ3v) is 10.5. The monoisotopic (exact) mass is 887 g/mol. The minimum absolute atomic E-state index is 0.127. The molecule has 0 aliphatic rings. The van der Waals surface area contributed by atoms with Gasteiger partial charge < -0.3 is 14.2 Å². The molecule has 0 N–H and O–H groups in total. The van der Waals surface area contributed by atoms with Crippen molar-refractivity contribution in [2.75, 3.05) is 13.2 Å². The predicted molar refractivity (Wildman–Crippen MR) is 274 cm³/mol. The van der Waals surface area contributed by atoms with Gasteiger partial charge in [0, 0.05) is 19.3 Å². The van der Waals surface area contributed by atoms with E-state index < -0.39 is 6.10 Å². The first kappa shape index (κ1) is 60.1. The molecule has 362 valence electrons. The van der Waals surface area contributed by atoms with E-state index in [1.165, 1.54) is 77.0 Å². The minimum Gasteiger partial charge on any atom is -0.462 e. The number of allylic oxidation sites excluding steroid dienone is 18. The highest BCUT2D eigenvalue weighted by atomic mass is 16.6. The van der Waals surface area contributed by atoms with E-state index in [4.69, 9.17) is 14.2 Å². The molecule has 1 unspecified atom stereocenters. The first-order chi connectivity index (χ1) is 31.5. The van der Waals surface area contributed by atoms with Crippen LogP contribution in [0.5, 0.6) is 0 Å². The summed E-state index contributed by atoms with van der Waals surface area (Å²) in [7, 11) is 0. The fraction of sp³-hybridized carbons (Fsp3) is 0.638. The topological polar surface area (TPSA) is 78.9 Å². The predicted octanol–water partition coefficient (Wildman–Crippen LogP) is 17.1. The lowest BCUT2D eigenvalue weighted by molar-refractivity contribution is -0.167. The van der Waals surface area contributed by atoms with Crippen molar-refractivity contribution in [3.63, 3.8) is 0 Å². The summed E-state index contributed by atoms with van der Waals surface area (Å²) in [5.74, 6) is -1.06. The van der Waals surface area contributed by atoms with Crippen molar-refractivity contribution < 1.29 is 28.6 Å². The Hall–Kier alpha value is -3.93. The standard InChI is InChI=1S/C58H94O6/c1-4-7-10-13-16-19-22-24-26-28-30-31-33-36-39-42-45-48-51-57(60)63-54-55(53-62-56(59)50-47-44-41-38-35-21-18-15-12-9-6-3)64-58(61)52-49-46-43-40-37-34-32-29-27-25-23-20-17-14-11-8-5-2/h9,12,18,21-22,24-28,30-32,34,38,40-41,43,55H,4-8,10-11,13-17,19-20,23,29,33,35-37,39,42,44-54H2,1-3H3/b12-9-,21-18-,24-22-,27-25-,28-26-,31-30-,34-32-,41-38-,43-40-. The van der Waals surface area contributed by atoms with E-state index in [9.17, 15) is 14.4 Å². The normalized spacial score (nSPS) is 13.0. The summed E-state index contributed by atoms with van der Waals surface area (Å²) in [5.41, 5.74) is 0.